The Morgan fingerprint density at radius 2 is 1.77 bits per heavy atom. The first kappa shape index (κ1) is 23.2. The van der Waals surface area contributed by atoms with E-state index in [4.69, 9.17) is 4.74 Å². The van der Waals surface area contributed by atoms with Crippen LogP contribution in [0.4, 0.5) is 0 Å². The maximum Gasteiger partial charge on any atom is 0.349 e. The normalized spacial score (nSPS) is 12.5. The van der Waals surface area contributed by atoms with E-state index in [0.29, 0.717) is 11.5 Å². The number of nitriles is 1. The van der Waals surface area contributed by atoms with Crippen molar-refractivity contribution in [2.75, 3.05) is 0 Å². The summed E-state index contributed by atoms with van der Waals surface area (Å²) in [5, 5.41) is 9.49. The van der Waals surface area contributed by atoms with Gasteiger partial charge in [0.2, 0.25) is 5.78 Å². The van der Waals surface area contributed by atoms with Crippen molar-refractivity contribution in [1.82, 2.24) is 4.57 Å². The zero-order valence-corrected chi connectivity index (χ0v) is 18.7. The fraction of sp³-hybridized carbons (Fsp3) is 0.400. The summed E-state index contributed by atoms with van der Waals surface area (Å²) in [6.45, 7) is 12.7. The quantitative estimate of drug-likeness (QED) is 0.262. The number of hydrogen-bond donors (Lipinski definition) is 0. The van der Waals surface area contributed by atoms with Gasteiger partial charge in [0.15, 0.2) is 6.10 Å². The summed E-state index contributed by atoms with van der Waals surface area (Å²) in [6.07, 6.45) is 1.61. The second-order valence-electron chi connectivity index (χ2n) is 8.11. The number of benzene rings is 1. The molecule has 1 atom stereocenters. The Labute approximate surface area is 179 Å². The molecule has 5 heteroatoms. The summed E-state index contributed by atoms with van der Waals surface area (Å²) in [5.74, 6) is -0.507. The molecule has 0 radical (unpaired) electrons. The van der Waals surface area contributed by atoms with Crippen molar-refractivity contribution >= 4 is 17.8 Å². The van der Waals surface area contributed by atoms with Crippen LogP contribution in [-0.4, -0.2) is 22.4 Å². The number of ketones is 1. The molecule has 0 aliphatic heterocycles. The minimum absolute atomic E-state index is 0.123. The number of aryl methyl sites for hydroxylation is 2. The lowest BCUT2D eigenvalue weighted by Gasteiger charge is -2.12. The Bertz CT molecular complexity index is 989. The van der Waals surface area contributed by atoms with Gasteiger partial charge in [0, 0.05) is 23.5 Å². The van der Waals surface area contributed by atoms with Gasteiger partial charge in [-0.1, -0.05) is 43.7 Å². The standard InChI is InChI=1S/C25H30N2O3/c1-16(2)11-12-27-18(4)13-22(19(27)5)14-23(15-26)25(29)30-20(6)24(28)21-9-7-17(3)8-10-21/h7-10,13-14,16,20H,11-12H2,1-6H3/b23-14+/t20-/m1/s1. The molecule has 1 aromatic heterocycles. The minimum atomic E-state index is -0.976. The van der Waals surface area contributed by atoms with Gasteiger partial charge < -0.3 is 9.30 Å². The second kappa shape index (κ2) is 10.1. The summed E-state index contributed by atoms with van der Waals surface area (Å²) in [7, 11) is 0. The summed E-state index contributed by atoms with van der Waals surface area (Å²) >= 11 is 0. The minimum Gasteiger partial charge on any atom is -0.450 e. The summed E-state index contributed by atoms with van der Waals surface area (Å²) in [4.78, 5) is 25.0. The third-order valence-corrected chi connectivity index (χ3v) is 5.17. The predicted molar refractivity (Wildman–Crippen MR) is 118 cm³/mol. The van der Waals surface area contributed by atoms with Crippen LogP contribution in [0.5, 0.6) is 0 Å². The van der Waals surface area contributed by atoms with Crippen LogP contribution in [0.25, 0.3) is 6.08 Å². The van der Waals surface area contributed by atoms with Gasteiger partial charge in [0.25, 0.3) is 0 Å². The van der Waals surface area contributed by atoms with Crippen molar-refractivity contribution in [3.63, 3.8) is 0 Å². The molecule has 0 unspecified atom stereocenters. The molecule has 2 rings (SSSR count). The number of rotatable bonds is 8. The second-order valence-corrected chi connectivity index (χ2v) is 8.11. The van der Waals surface area contributed by atoms with E-state index in [0.717, 1.165) is 35.5 Å². The Morgan fingerprint density at radius 3 is 2.33 bits per heavy atom. The average Bonchev–Trinajstić information content (AvgIpc) is 2.96. The van der Waals surface area contributed by atoms with E-state index < -0.39 is 12.1 Å². The monoisotopic (exact) mass is 406 g/mol. The summed E-state index contributed by atoms with van der Waals surface area (Å²) in [6, 6.07) is 10.9. The van der Waals surface area contributed by atoms with Crippen molar-refractivity contribution in [2.24, 2.45) is 5.92 Å². The topological polar surface area (TPSA) is 72.1 Å². The van der Waals surface area contributed by atoms with Crippen molar-refractivity contribution in [3.05, 3.63) is 64.0 Å². The smallest absolute Gasteiger partial charge is 0.349 e. The maximum atomic E-state index is 12.5. The van der Waals surface area contributed by atoms with Crippen molar-refractivity contribution < 1.29 is 14.3 Å². The number of ether oxygens (including phenoxy) is 1. The van der Waals surface area contributed by atoms with E-state index in [2.05, 4.69) is 18.4 Å². The third-order valence-electron chi connectivity index (χ3n) is 5.17. The molecule has 0 bridgehead atoms. The highest BCUT2D eigenvalue weighted by Gasteiger charge is 2.22. The third kappa shape index (κ3) is 5.70. The fourth-order valence-corrected chi connectivity index (χ4v) is 3.23. The Kier molecular flexibility index (Phi) is 7.77. The lowest BCUT2D eigenvalue weighted by Crippen LogP contribution is -2.25. The van der Waals surface area contributed by atoms with Gasteiger partial charge in [0.05, 0.1) is 0 Å². The molecule has 5 nitrogen and oxygen atoms in total. The molecule has 0 spiro atoms. The maximum absolute atomic E-state index is 12.5. The number of esters is 1. The summed E-state index contributed by atoms with van der Waals surface area (Å²) < 4.78 is 7.48. The van der Waals surface area contributed by atoms with Gasteiger partial charge >= 0.3 is 5.97 Å². The van der Waals surface area contributed by atoms with Crippen LogP contribution in [0.15, 0.2) is 35.9 Å². The molecule has 158 valence electrons. The van der Waals surface area contributed by atoms with Gasteiger partial charge in [0.1, 0.15) is 11.6 Å². The van der Waals surface area contributed by atoms with Crippen LogP contribution in [0, 0.1) is 38.0 Å². The van der Waals surface area contributed by atoms with E-state index >= 15 is 0 Å². The Balaban J connectivity index is 2.17. The predicted octanol–water partition coefficient (Wildman–Crippen LogP) is 5.18. The lowest BCUT2D eigenvalue weighted by molar-refractivity contribution is -0.141. The molecule has 1 heterocycles. The van der Waals surface area contributed by atoms with Crippen molar-refractivity contribution in [1.29, 1.82) is 5.26 Å². The summed E-state index contributed by atoms with van der Waals surface area (Å²) in [5.41, 5.74) is 4.27. The highest BCUT2D eigenvalue weighted by molar-refractivity contribution is 6.03. The highest BCUT2D eigenvalue weighted by atomic mass is 16.5. The molecule has 0 aliphatic carbocycles. The van der Waals surface area contributed by atoms with Gasteiger partial charge in [-0.15, -0.1) is 0 Å². The first-order valence-corrected chi connectivity index (χ1v) is 10.2. The van der Waals surface area contributed by atoms with E-state index in [-0.39, 0.29) is 11.4 Å². The van der Waals surface area contributed by atoms with Crippen molar-refractivity contribution in [3.8, 4) is 6.07 Å². The van der Waals surface area contributed by atoms with Crippen LogP contribution in [-0.2, 0) is 16.1 Å². The molecule has 2 aromatic rings. The van der Waals surface area contributed by atoms with Crippen LogP contribution in [0.3, 0.4) is 0 Å². The number of nitrogens with zero attached hydrogens (tertiary/aromatic N) is 2. The fourth-order valence-electron chi connectivity index (χ4n) is 3.23. The van der Waals surface area contributed by atoms with E-state index in [1.54, 1.807) is 18.2 Å². The lowest BCUT2D eigenvalue weighted by atomic mass is 10.1. The van der Waals surface area contributed by atoms with Crippen LogP contribution < -0.4 is 0 Å². The molecule has 0 aliphatic rings. The average molecular weight is 407 g/mol. The molecule has 0 N–H and O–H groups in total. The van der Waals surface area contributed by atoms with Gasteiger partial charge in [-0.25, -0.2) is 4.79 Å². The molecule has 0 saturated heterocycles. The zero-order chi connectivity index (χ0) is 22.4. The molecule has 1 aromatic carbocycles. The van der Waals surface area contributed by atoms with Crippen LogP contribution in [0.1, 0.15) is 60.1 Å². The van der Waals surface area contributed by atoms with Crippen molar-refractivity contribution in [2.45, 2.75) is 60.6 Å². The van der Waals surface area contributed by atoms with E-state index in [9.17, 15) is 14.9 Å². The number of carbonyl (C=O) groups excluding carboxylic acids is 2. The zero-order valence-electron chi connectivity index (χ0n) is 18.7. The highest BCUT2D eigenvalue weighted by Crippen LogP contribution is 2.20. The molecule has 0 amide bonds. The first-order valence-electron chi connectivity index (χ1n) is 10.2. The molecule has 0 saturated carbocycles. The van der Waals surface area contributed by atoms with Crippen LogP contribution >= 0.6 is 0 Å². The molecular weight excluding hydrogens is 376 g/mol. The van der Waals surface area contributed by atoms with Gasteiger partial charge in [-0.2, -0.15) is 5.26 Å². The number of aromatic nitrogens is 1. The molecular formula is C25H30N2O3. The van der Waals surface area contributed by atoms with Gasteiger partial charge in [-0.05, 0) is 57.7 Å². The number of hydrogen-bond acceptors (Lipinski definition) is 4. The number of carbonyl (C=O) groups is 2. The first-order chi connectivity index (χ1) is 14.1. The largest absolute Gasteiger partial charge is 0.450 e. The van der Waals surface area contributed by atoms with E-state index in [1.807, 2.05) is 45.0 Å². The van der Waals surface area contributed by atoms with E-state index in [1.165, 1.54) is 6.92 Å². The van der Waals surface area contributed by atoms with Crippen LogP contribution in [0.2, 0.25) is 0 Å². The molecule has 0 fully saturated rings. The van der Waals surface area contributed by atoms with Gasteiger partial charge in [-0.3, -0.25) is 4.79 Å². The Hall–Kier alpha value is -3.13. The molecule has 30 heavy (non-hydrogen) atoms. The Morgan fingerprint density at radius 1 is 1.13 bits per heavy atom. The SMILES string of the molecule is Cc1ccc(C(=O)[C@@H](C)OC(=O)/C(C#N)=C/c2cc(C)n(CCC(C)C)c2C)cc1. The number of Topliss-reactive ketones (excluding diaryl/α,β-unsaturated/α-hetero) is 1.